The van der Waals surface area contributed by atoms with Gasteiger partial charge in [0, 0.05) is 4.47 Å². The van der Waals surface area contributed by atoms with Crippen LogP contribution in [0.1, 0.15) is 12.5 Å². The van der Waals surface area contributed by atoms with Gasteiger partial charge in [-0.1, -0.05) is 28.1 Å². The number of nitrogens with one attached hydrogen (secondary N) is 1. The summed E-state index contributed by atoms with van der Waals surface area (Å²) in [6, 6.07) is 13.0. The molecule has 122 valence electrons. The summed E-state index contributed by atoms with van der Waals surface area (Å²) in [5.74, 6) is -0.557. The van der Waals surface area contributed by atoms with Crippen LogP contribution < -0.4 is 10.1 Å². The van der Waals surface area contributed by atoms with Gasteiger partial charge in [-0.05, 0) is 48.9 Å². The van der Waals surface area contributed by atoms with Crippen LogP contribution in [0.5, 0.6) is 5.75 Å². The molecule has 6 heteroatoms. The first-order valence-corrected chi connectivity index (χ1v) is 7.94. The third-order valence-electron chi connectivity index (χ3n) is 3.05. The van der Waals surface area contributed by atoms with E-state index in [0.717, 1.165) is 0 Å². The molecule has 0 atom stereocenters. The van der Waals surface area contributed by atoms with Crippen LogP contribution in [-0.4, -0.2) is 12.5 Å². The summed E-state index contributed by atoms with van der Waals surface area (Å²) in [5.41, 5.74) is 0.555. The van der Waals surface area contributed by atoms with E-state index in [2.05, 4.69) is 21.2 Å². The first kappa shape index (κ1) is 17.7. The van der Waals surface area contributed by atoms with Crippen molar-refractivity contribution in [3.05, 3.63) is 63.9 Å². The molecule has 0 heterocycles. The van der Waals surface area contributed by atoms with E-state index in [0.29, 0.717) is 22.4 Å². The van der Waals surface area contributed by atoms with Crippen molar-refractivity contribution in [2.45, 2.75) is 6.92 Å². The molecule has 0 bridgehead atoms. The second-order valence-electron chi connectivity index (χ2n) is 4.75. The largest absolute Gasteiger partial charge is 0.494 e. The summed E-state index contributed by atoms with van der Waals surface area (Å²) in [5, 5.41) is 11.6. The smallest absolute Gasteiger partial charge is 0.266 e. The normalized spacial score (nSPS) is 10.8. The summed E-state index contributed by atoms with van der Waals surface area (Å²) in [6.07, 6.45) is 1.43. The predicted molar refractivity (Wildman–Crippen MR) is 93.9 cm³/mol. The summed E-state index contributed by atoms with van der Waals surface area (Å²) in [7, 11) is 0. The topological polar surface area (TPSA) is 62.1 Å². The van der Waals surface area contributed by atoms with Crippen molar-refractivity contribution in [2.75, 3.05) is 11.9 Å². The standard InChI is InChI=1S/C18H14BrFN2O2/c1-2-24-15-6-3-12(4-7-15)9-13(11-21)18(23)22-17-8-5-14(19)10-16(17)20/h3-10H,2H2,1H3,(H,22,23)/b13-9+. The lowest BCUT2D eigenvalue weighted by molar-refractivity contribution is -0.112. The maximum Gasteiger partial charge on any atom is 0.266 e. The summed E-state index contributed by atoms with van der Waals surface area (Å²) < 4.78 is 19.7. The molecule has 0 aliphatic rings. The SMILES string of the molecule is CCOc1ccc(/C=C(\C#N)C(=O)Nc2ccc(Br)cc2F)cc1. The number of anilines is 1. The fourth-order valence-electron chi connectivity index (χ4n) is 1.92. The van der Waals surface area contributed by atoms with Crippen LogP contribution >= 0.6 is 15.9 Å². The molecule has 2 rings (SSSR count). The number of ether oxygens (including phenoxy) is 1. The molecule has 0 aliphatic heterocycles. The first-order valence-electron chi connectivity index (χ1n) is 7.14. The van der Waals surface area contributed by atoms with Crippen LogP contribution in [0.15, 0.2) is 52.5 Å². The molecule has 1 N–H and O–H groups in total. The Morgan fingerprint density at radius 1 is 1.33 bits per heavy atom. The van der Waals surface area contributed by atoms with E-state index in [1.807, 2.05) is 13.0 Å². The molecule has 2 aromatic carbocycles. The van der Waals surface area contributed by atoms with E-state index in [9.17, 15) is 14.4 Å². The summed E-state index contributed by atoms with van der Waals surface area (Å²) in [4.78, 5) is 12.1. The van der Waals surface area contributed by atoms with Crippen LogP contribution in [0.25, 0.3) is 6.08 Å². The quantitative estimate of drug-likeness (QED) is 0.604. The van der Waals surface area contributed by atoms with Crippen LogP contribution in [-0.2, 0) is 4.79 Å². The lowest BCUT2D eigenvalue weighted by Crippen LogP contribution is -2.14. The summed E-state index contributed by atoms with van der Waals surface area (Å²) >= 11 is 3.14. The molecular weight excluding hydrogens is 375 g/mol. The number of rotatable bonds is 5. The summed E-state index contributed by atoms with van der Waals surface area (Å²) in [6.45, 7) is 2.44. The molecular formula is C18H14BrFN2O2. The Morgan fingerprint density at radius 2 is 2.04 bits per heavy atom. The van der Waals surface area contributed by atoms with Crippen LogP contribution in [0.4, 0.5) is 10.1 Å². The predicted octanol–water partition coefficient (Wildman–Crippen LogP) is 4.53. The molecule has 0 spiro atoms. The van der Waals surface area contributed by atoms with E-state index in [1.54, 1.807) is 30.3 Å². The molecule has 0 aliphatic carbocycles. The van der Waals surface area contributed by atoms with Gasteiger partial charge >= 0.3 is 0 Å². The number of hydrogen-bond acceptors (Lipinski definition) is 3. The van der Waals surface area contributed by atoms with Gasteiger partial charge in [-0.25, -0.2) is 4.39 Å². The minimum absolute atomic E-state index is 0.0102. The van der Waals surface area contributed by atoms with Crippen molar-refractivity contribution < 1.29 is 13.9 Å². The second kappa shape index (κ2) is 8.27. The van der Waals surface area contributed by atoms with Gasteiger partial charge in [0.1, 0.15) is 23.2 Å². The molecule has 0 unspecified atom stereocenters. The van der Waals surface area contributed by atoms with Gasteiger partial charge in [0.05, 0.1) is 12.3 Å². The lowest BCUT2D eigenvalue weighted by Gasteiger charge is -2.06. The number of hydrogen-bond donors (Lipinski definition) is 1. The van der Waals surface area contributed by atoms with Gasteiger partial charge in [0.15, 0.2) is 0 Å². The lowest BCUT2D eigenvalue weighted by atomic mass is 10.1. The van der Waals surface area contributed by atoms with Crippen molar-refractivity contribution >= 4 is 33.6 Å². The van der Waals surface area contributed by atoms with Crippen molar-refractivity contribution in [3.8, 4) is 11.8 Å². The van der Waals surface area contributed by atoms with Crippen LogP contribution in [0.2, 0.25) is 0 Å². The Hall–Kier alpha value is -2.65. The van der Waals surface area contributed by atoms with Gasteiger partial charge in [-0.2, -0.15) is 5.26 Å². The average molecular weight is 389 g/mol. The number of carbonyl (C=O) groups is 1. The second-order valence-corrected chi connectivity index (χ2v) is 5.67. The van der Waals surface area contributed by atoms with E-state index in [4.69, 9.17) is 4.74 Å². The molecule has 0 aromatic heterocycles. The van der Waals surface area contributed by atoms with Gasteiger partial charge in [-0.3, -0.25) is 4.79 Å². The Labute approximate surface area is 147 Å². The van der Waals surface area contributed by atoms with Gasteiger partial charge in [-0.15, -0.1) is 0 Å². The Kier molecular flexibility index (Phi) is 6.10. The molecule has 1 amide bonds. The zero-order valence-electron chi connectivity index (χ0n) is 12.8. The Morgan fingerprint density at radius 3 is 2.62 bits per heavy atom. The van der Waals surface area contributed by atoms with E-state index >= 15 is 0 Å². The highest BCUT2D eigenvalue weighted by atomic mass is 79.9. The van der Waals surface area contributed by atoms with E-state index in [-0.39, 0.29) is 11.3 Å². The molecule has 0 saturated carbocycles. The zero-order valence-corrected chi connectivity index (χ0v) is 14.4. The van der Waals surface area contributed by atoms with Crippen LogP contribution in [0, 0.1) is 17.1 Å². The average Bonchev–Trinajstić information content (AvgIpc) is 2.57. The van der Waals surface area contributed by atoms with Gasteiger partial charge in [0.2, 0.25) is 0 Å². The maximum absolute atomic E-state index is 13.8. The number of amides is 1. The molecule has 4 nitrogen and oxygen atoms in total. The van der Waals surface area contributed by atoms with Crippen molar-refractivity contribution in [1.29, 1.82) is 5.26 Å². The fourth-order valence-corrected chi connectivity index (χ4v) is 2.26. The zero-order chi connectivity index (χ0) is 17.5. The third-order valence-corrected chi connectivity index (χ3v) is 3.54. The number of nitriles is 1. The van der Waals surface area contributed by atoms with E-state index < -0.39 is 11.7 Å². The number of carbonyl (C=O) groups excluding carboxylic acids is 1. The Bertz CT molecular complexity index is 811. The number of nitrogens with zero attached hydrogens (tertiary/aromatic N) is 1. The monoisotopic (exact) mass is 388 g/mol. The molecule has 0 saturated heterocycles. The van der Waals surface area contributed by atoms with Crippen molar-refractivity contribution in [3.63, 3.8) is 0 Å². The molecule has 0 fully saturated rings. The highest BCUT2D eigenvalue weighted by Crippen LogP contribution is 2.20. The third kappa shape index (κ3) is 4.67. The van der Waals surface area contributed by atoms with E-state index in [1.165, 1.54) is 18.2 Å². The minimum atomic E-state index is -0.674. The number of benzene rings is 2. The number of halogens is 2. The highest BCUT2D eigenvalue weighted by Gasteiger charge is 2.12. The fraction of sp³-hybridized carbons (Fsp3) is 0.111. The molecule has 0 radical (unpaired) electrons. The van der Waals surface area contributed by atoms with Crippen molar-refractivity contribution in [1.82, 2.24) is 0 Å². The first-order chi connectivity index (χ1) is 11.5. The Balaban J connectivity index is 2.17. The van der Waals surface area contributed by atoms with Crippen molar-refractivity contribution in [2.24, 2.45) is 0 Å². The van der Waals surface area contributed by atoms with Crippen LogP contribution in [0.3, 0.4) is 0 Å². The van der Waals surface area contributed by atoms with Gasteiger partial charge < -0.3 is 10.1 Å². The molecule has 2 aromatic rings. The maximum atomic E-state index is 13.8. The van der Waals surface area contributed by atoms with Gasteiger partial charge in [0.25, 0.3) is 5.91 Å². The molecule has 24 heavy (non-hydrogen) atoms. The highest BCUT2D eigenvalue weighted by molar-refractivity contribution is 9.10. The minimum Gasteiger partial charge on any atom is -0.494 e.